The summed E-state index contributed by atoms with van der Waals surface area (Å²) in [6.45, 7) is 1.32. The summed E-state index contributed by atoms with van der Waals surface area (Å²) in [5, 5.41) is 0.202. The highest BCUT2D eigenvalue weighted by molar-refractivity contribution is 8.15. The molecule has 136 valence electrons. The minimum atomic E-state index is -0.586. The zero-order valence-corrected chi connectivity index (χ0v) is 15.3. The molecule has 2 fully saturated rings. The Balaban J connectivity index is 1.44. The summed E-state index contributed by atoms with van der Waals surface area (Å²) in [5.74, 6) is -0.0976. The minimum Gasteiger partial charge on any atom is -0.343 e. The van der Waals surface area contributed by atoms with Crippen molar-refractivity contribution in [1.82, 2.24) is 19.8 Å². The summed E-state index contributed by atoms with van der Waals surface area (Å²) in [6.07, 6.45) is 3.77. The second-order valence-corrected chi connectivity index (χ2v) is 7.97. The number of amides is 3. The van der Waals surface area contributed by atoms with Gasteiger partial charge in [0, 0.05) is 49.8 Å². The number of aromatic amines is 1. The van der Waals surface area contributed by atoms with Gasteiger partial charge >= 0.3 is 0 Å². The number of imide groups is 1. The number of carbonyl (C=O) groups is 3. The standard InChI is InChI=1S/C18H20N4O3S/c1-21-17(24)14(26-18(21)25)9-15(23)22-7-3-5-12(10-22)13-8-11-4-2-6-19-16(11)20-13/h2,4,6,8,12,14H,3,5,7,9-10H2,1H3,(H,19,20)/t12-,14+/m0/s1. The molecule has 2 aromatic rings. The van der Waals surface area contributed by atoms with Gasteiger partial charge in [-0.15, -0.1) is 0 Å². The van der Waals surface area contributed by atoms with Crippen molar-refractivity contribution in [3.05, 3.63) is 30.1 Å². The molecule has 2 atom stereocenters. The number of carbonyl (C=O) groups excluding carboxylic acids is 3. The molecule has 2 aliphatic heterocycles. The maximum atomic E-state index is 12.7. The molecular weight excluding hydrogens is 352 g/mol. The second kappa shape index (κ2) is 6.75. The van der Waals surface area contributed by atoms with Crippen LogP contribution in [-0.4, -0.2) is 62.2 Å². The third kappa shape index (κ3) is 3.09. The Hall–Kier alpha value is -2.35. The first-order chi connectivity index (χ1) is 12.5. The number of nitrogens with one attached hydrogen (secondary N) is 1. The molecule has 7 nitrogen and oxygen atoms in total. The molecule has 0 radical (unpaired) electrons. The van der Waals surface area contributed by atoms with Crippen LogP contribution in [0.3, 0.4) is 0 Å². The van der Waals surface area contributed by atoms with E-state index >= 15 is 0 Å². The SMILES string of the molecule is CN1C(=O)S[C@H](CC(=O)N2CCC[C@H](c3cc4cccnc4[nH]3)C2)C1=O. The van der Waals surface area contributed by atoms with Gasteiger partial charge in [0.1, 0.15) is 10.9 Å². The average Bonchev–Trinajstić information content (AvgIpc) is 3.19. The Morgan fingerprint density at radius 1 is 1.42 bits per heavy atom. The Bertz CT molecular complexity index is 847. The zero-order chi connectivity index (χ0) is 18.3. The number of aromatic nitrogens is 2. The quantitative estimate of drug-likeness (QED) is 0.894. The van der Waals surface area contributed by atoms with E-state index in [1.54, 1.807) is 6.20 Å². The largest absolute Gasteiger partial charge is 0.343 e. The maximum Gasteiger partial charge on any atom is 0.288 e. The van der Waals surface area contributed by atoms with Gasteiger partial charge in [0.25, 0.3) is 5.24 Å². The van der Waals surface area contributed by atoms with Gasteiger partial charge in [0.2, 0.25) is 11.8 Å². The van der Waals surface area contributed by atoms with E-state index < -0.39 is 5.25 Å². The molecule has 1 N–H and O–H groups in total. The first-order valence-corrected chi connectivity index (χ1v) is 9.60. The molecule has 0 aromatic carbocycles. The number of H-pyrrole nitrogens is 1. The van der Waals surface area contributed by atoms with Crippen molar-refractivity contribution in [2.24, 2.45) is 0 Å². The fourth-order valence-corrected chi connectivity index (χ4v) is 4.61. The highest BCUT2D eigenvalue weighted by atomic mass is 32.2. The second-order valence-electron chi connectivity index (χ2n) is 6.82. The van der Waals surface area contributed by atoms with Crippen molar-refractivity contribution in [2.75, 3.05) is 20.1 Å². The monoisotopic (exact) mass is 372 g/mol. The summed E-state index contributed by atoms with van der Waals surface area (Å²) in [4.78, 5) is 46.9. The van der Waals surface area contributed by atoms with Crippen LogP contribution in [0, 0.1) is 0 Å². The fourth-order valence-electron chi connectivity index (χ4n) is 3.63. The van der Waals surface area contributed by atoms with Crippen LogP contribution in [0.25, 0.3) is 11.0 Å². The van der Waals surface area contributed by atoms with E-state index in [1.807, 2.05) is 17.0 Å². The zero-order valence-electron chi connectivity index (χ0n) is 14.5. The van der Waals surface area contributed by atoms with E-state index in [-0.39, 0.29) is 29.4 Å². The lowest BCUT2D eigenvalue weighted by molar-refractivity contribution is -0.135. The van der Waals surface area contributed by atoms with Gasteiger partial charge < -0.3 is 9.88 Å². The van der Waals surface area contributed by atoms with E-state index in [0.29, 0.717) is 13.1 Å². The number of piperidine rings is 1. The molecule has 2 saturated heterocycles. The summed E-state index contributed by atoms with van der Waals surface area (Å²) in [6, 6.07) is 6.03. The first-order valence-electron chi connectivity index (χ1n) is 8.72. The number of hydrogen-bond acceptors (Lipinski definition) is 5. The topological polar surface area (TPSA) is 86.4 Å². The fraction of sp³-hybridized carbons (Fsp3) is 0.444. The van der Waals surface area contributed by atoms with Gasteiger partial charge in [-0.25, -0.2) is 4.98 Å². The molecule has 4 rings (SSSR count). The molecule has 0 bridgehead atoms. The molecule has 0 aliphatic carbocycles. The van der Waals surface area contributed by atoms with Gasteiger partial charge in [0.05, 0.1) is 0 Å². The lowest BCUT2D eigenvalue weighted by atomic mass is 9.94. The van der Waals surface area contributed by atoms with Crippen molar-refractivity contribution in [1.29, 1.82) is 0 Å². The lowest BCUT2D eigenvalue weighted by Gasteiger charge is -2.32. The van der Waals surface area contributed by atoms with Gasteiger partial charge in [-0.1, -0.05) is 11.8 Å². The van der Waals surface area contributed by atoms with E-state index in [2.05, 4.69) is 16.0 Å². The van der Waals surface area contributed by atoms with Crippen molar-refractivity contribution in [3.63, 3.8) is 0 Å². The van der Waals surface area contributed by atoms with Crippen molar-refractivity contribution in [3.8, 4) is 0 Å². The smallest absolute Gasteiger partial charge is 0.288 e. The normalized spacial score (nSPS) is 23.9. The Kier molecular flexibility index (Phi) is 4.44. The van der Waals surface area contributed by atoms with E-state index in [9.17, 15) is 14.4 Å². The number of thioether (sulfide) groups is 1. The molecular formula is C18H20N4O3S. The van der Waals surface area contributed by atoms with Gasteiger partial charge in [-0.05, 0) is 31.0 Å². The van der Waals surface area contributed by atoms with Crippen molar-refractivity contribution < 1.29 is 14.4 Å². The Morgan fingerprint density at radius 2 is 2.27 bits per heavy atom. The van der Waals surface area contributed by atoms with Crippen LogP contribution >= 0.6 is 11.8 Å². The van der Waals surface area contributed by atoms with Gasteiger partial charge in [-0.2, -0.15) is 0 Å². The highest BCUT2D eigenvalue weighted by Gasteiger charge is 2.39. The molecule has 2 aliphatic rings. The minimum absolute atomic E-state index is 0.0575. The van der Waals surface area contributed by atoms with Gasteiger partial charge in [0.15, 0.2) is 0 Å². The third-order valence-electron chi connectivity index (χ3n) is 5.11. The summed E-state index contributed by atoms with van der Waals surface area (Å²) in [7, 11) is 1.46. The number of hydrogen-bond donors (Lipinski definition) is 1. The molecule has 3 amide bonds. The van der Waals surface area contributed by atoms with Crippen molar-refractivity contribution >= 4 is 39.8 Å². The Labute approximate surface area is 155 Å². The number of fused-ring (bicyclic) bond motifs is 1. The first kappa shape index (κ1) is 17.1. The molecule has 0 unspecified atom stereocenters. The lowest BCUT2D eigenvalue weighted by Crippen LogP contribution is -2.41. The third-order valence-corrected chi connectivity index (χ3v) is 6.24. The summed E-state index contributed by atoms with van der Waals surface area (Å²) in [5.41, 5.74) is 1.96. The molecule has 8 heteroatoms. The van der Waals surface area contributed by atoms with Crippen molar-refractivity contribution in [2.45, 2.75) is 30.4 Å². The molecule has 4 heterocycles. The Morgan fingerprint density at radius 3 is 3.00 bits per heavy atom. The summed E-state index contributed by atoms with van der Waals surface area (Å²) >= 11 is 0.950. The van der Waals surface area contributed by atoms with Crippen LogP contribution in [0.1, 0.15) is 30.9 Å². The van der Waals surface area contributed by atoms with Crippen LogP contribution in [-0.2, 0) is 9.59 Å². The number of nitrogens with zero attached hydrogens (tertiary/aromatic N) is 3. The van der Waals surface area contributed by atoms with Crippen LogP contribution in [0.5, 0.6) is 0 Å². The van der Waals surface area contributed by atoms with Crippen LogP contribution in [0.15, 0.2) is 24.4 Å². The van der Waals surface area contributed by atoms with E-state index in [1.165, 1.54) is 7.05 Å². The van der Waals surface area contributed by atoms with Crippen LogP contribution < -0.4 is 0 Å². The van der Waals surface area contributed by atoms with Crippen LogP contribution in [0.2, 0.25) is 0 Å². The number of pyridine rings is 1. The highest BCUT2D eigenvalue weighted by Crippen LogP contribution is 2.31. The van der Waals surface area contributed by atoms with Gasteiger partial charge in [-0.3, -0.25) is 19.3 Å². The average molecular weight is 372 g/mol. The molecule has 0 spiro atoms. The predicted octanol–water partition coefficient (Wildman–Crippen LogP) is 2.35. The molecule has 26 heavy (non-hydrogen) atoms. The van der Waals surface area contributed by atoms with E-state index in [0.717, 1.165) is 46.2 Å². The molecule has 2 aromatic heterocycles. The predicted molar refractivity (Wildman–Crippen MR) is 98.8 cm³/mol. The molecule has 0 saturated carbocycles. The van der Waals surface area contributed by atoms with E-state index in [4.69, 9.17) is 0 Å². The summed E-state index contributed by atoms with van der Waals surface area (Å²) < 4.78 is 0. The number of likely N-dealkylation sites (tertiary alicyclic amines) is 1. The number of rotatable bonds is 3. The van der Waals surface area contributed by atoms with Crippen LogP contribution in [0.4, 0.5) is 4.79 Å². The maximum absolute atomic E-state index is 12.7.